The Morgan fingerprint density at radius 2 is 2.27 bits per heavy atom. The van der Waals surface area contributed by atoms with Gasteiger partial charge in [-0.2, -0.15) is 0 Å². The number of benzene rings is 1. The third-order valence-corrected chi connectivity index (χ3v) is 3.30. The van der Waals surface area contributed by atoms with Gasteiger partial charge in [-0.15, -0.1) is 0 Å². The molecule has 11 heavy (non-hydrogen) atoms. The van der Waals surface area contributed by atoms with Crippen LogP contribution in [0, 0.1) is 0 Å². The zero-order valence-corrected chi connectivity index (χ0v) is 8.32. The van der Waals surface area contributed by atoms with Crippen LogP contribution in [0.4, 0.5) is 0 Å². The molecule has 2 rings (SSSR count). The van der Waals surface area contributed by atoms with E-state index in [1.165, 1.54) is 17.5 Å². The molecule has 0 saturated heterocycles. The molecular weight excluding hydrogens is 223 g/mol. The van der Waals surface area contributed by atoms with Crippen LogP contribution in [0.1, 0.15) is 22.4 Å². The molecule has 0 aromatic heterocycles. The highest BCUT2D eigenvalue weighted by Crippen LogP contribution is 2.38. The number of hydrogen-bond acceptors (Lipinski definition) is 0. The Kier molecular flexibility index (Phi) is 1.94. The number of alkyl halides is 1. The summed E-state index contributed by atoms with van der Waals surface area (Å²) in [5, 5.41) is 0.852. The maximum atomic E-state index is 5.86. The standard InChI is InChI=1S/C9H8BrCl/c10-9-4-1-6-5-7(11)2-3-8(6)9/h2-3,5,9H,1,4H2. The molecule has 58 valence electrons. The lowest BCUT2D eigenvalue weighted by atomic mass is 10.1. The monoisotopic (exact) mass is 230 g/mol. The molecule has 0 fully saturated rings. The first-order chi connectivity index (χ1) is 5.27. The fraction of sp³-hybridized carbons (Fsp3) is 0.333. The van der Waals surface area contributed by atoms with Crippen molar-refractivity contribution in [1.29, 1.82) is 0 Å². The van der Waals surface area contributed by atoms with Crippen LogP contribution in [0.3, 0.4) is 0 Å². The molecule has 0 saturated carbocycles. The first-order valence-electron chi connectivity index (χ1n) is 3.70. The van der Waals surface area contributed by atoms with Crippen LogP contribution in [0.5, 0.6) is 0 Å². The molecule has 2 heteroatoms. The highest BCUT2D eigenvalue weighted by molar-refractivity contribution is 9.09. The van der Waals surface area contributed by atoms with Crippen LogP contribution in [0.15, 0.2) is 18.2 Å². The lowest BCUT2D eigenvalue weighted by molar-refractivity contribution is 0.903. The number of halogens is 2. The first kappa shape index (κ1) is 7.63. The van der Waals surface area contributed by atoms with Crippen molar-refractivity contribution < 1.29 is 0 Å². The van der Waals surface area contributed by atoms with E-state index in [0.717, 1.165) is 11.4 Å². The summed E-state index contributed by atoms with van der Waals surface area (Å²) >= 11 is 9.47. The summed E-state index contributed by atoms with van der Waals surface area (Å²) in [7, 11) is 0. The van der Waals surface area contributed by atoms with Crippen molar-refractivity contribution in [3.8, 4) is 0 Å². The minimum Gasteiger partial charge on any atom is -0.0843 e. The normalized spacial score (nSPS) is 21.8. The van der Waals surface area contributed by atoms with Crippen LogP contribution in [-0.2, 0) is 6.42 Å². The summed E-state index contributed by atoms with van der Waals surface area (Å²) < 4.78 is 0. The van der Waals surface area contributed by atoms with E-state index < -0.39 is 0 Å². The molecular formula is C9H8BrCl. The third-order valence-electron chi connectivity index (χ3n) is 2.11. The predicted molar refractivity (Wildman–Crippen MR) is 51.4 cm³/mol. The molecule has 1 aromatic carbocycles. The molecule has 0 spiro atoms. The van der Waals surface area contributed by atoms with Crippen LogP contribution in [-0.4, -0.2) is 0 Å². The van der Waals surface area contributed by atoms with E-state index in [2.05, 4.69) is 28.1 Å². The molecule has 0 N–H and O–H groups in total. The molecule has 1 atom stereocenters. The molecule has 0 aliphatic heterocycles. The Morgan fingerprint density at radius 3 is 3.09 bits per heavy atom. The fourth-order valence-electron chi connectivity index (χ4n) is 1.53. The van der Waals surface area contributed by atoms with E-state index >= 15 is 0 Å². The van der Waals surface area contributed by atoms with Gasteiger partial charge in [-0.25, -0.2) is 0 Å². The highest BCUT2D eigenvalue weighted by atomic mass is 79.9. The number of hydrogen-bond donors (Lipinski definition) is 0. The minimum atomic E-state index is 0.551. The molecule has 1 unspecified atom stereocenters. The van der Waals surface area contributed by atoms with Crippen molar-refractivity contribution >= 4 is 27.5 Å². The van der Waals surface area contributed by atoms with Crippen molar-refractivity contribution in [2.24, 2.45) is 0 Å². The lowest BCUT2D eigenvalue weighted by Crippen LogP contribution is -1.81. The Hall–Kier alpha value is -0.0100. The minimum absolute atomic E-state index is 0.551. The van der Waals surface area contributed by atoms with Gasteiger partial charge in [0.05, 0.1) is 0 Å². The Labute approximate surface area is 79.7 Å². The van der Waals surface area contributed by atoms with Crippen molar-refractivity contribution in [2.75, 3.05) is 0 Å². The van der Waals surface area contributed by atoms with Gasteiger partial charge in [0.25, 0.3) is 0 Å². The van der Waals surface area contributed by atoms with Crippen LogP contribution in [0.2, 0.25) is 5.02 Å². The van der Waals surface area contributed by atoms with E-state index in [1.54, 1.807) is 0 Å². The predicted octanol–water partition coefficient (Wildman–Crippen LogP) is 3.72. The van der Waals surface area contributed by atoms with Gasteiger partial charge in [0, 0.05) is 9.85 Å². The van der Waals surface area contributed by atoms with Gasteiger partial charge in [-0.3, -0.25) is 0 Å². The van der Waals surface area contributed by atoms with Crippen LogP contribution >= 0.6 is 27.5 Å². The largest absolute Gasteiger partial charge is 0.0843 e. The van der Waals surface area contributed by atoms with Gasteiger partial charge in [-0.1, -0.05) is 33.6 Å². The highest BCUT2D eigenvalue weighted by Gasteiger charge is 2.19. The molecule has 0 amide bonds. The van der Waals surface area contributed by atoms with E-state index in [4.69, 9.17) is 11.6 Å². The molecule has 0 nitrogen and oxygen atoms in total. The third kappa shape index (κ3) is 1.32. The number of aryl methyl sites for hydroxylation is 1. The van der Waals surface area contributed by atoms with Gasteiger partial charge in [0.15, 0.2) is 0 Å². The number of rotatable bonds is 0. The first-order valence-corrected chi connectivity index (χ1v) is 4.99. The van der Waals surface area contributed by atoms with E-state index in [1.807, 2.05) is 6.07 Å². The molecule has 1 aliphatic rings. The quantitative estimate of drug-likeness (QED) is 0.597. The zero-order valence-electron chi connectivity index (χ0n) is 5.98. The Balaban J connectivity index is 2.50. The Bertz CT molecular complexity index is 283. The van der Waals surface area contributed by atoms with Crippen molar-refractivity contribution in [3.05, 3.63) is 34.3 Å². The summed E-state index contributed by atoms with van der Waals surface area (Å²) in [6.07, 6.45) is 2.36. The summed E-state index contributed by atoms with van der Waals surface area (Å²) in [5.74, 6) is 0. The van der Waals surface area contributed by atoms with Crippen LogP contribution in [0.25, 0.3) is 0 Å². The fourth-order valence-corrected chi connectivity index (χ4v) is 2.40. The van der Waals surface area contributed by atoms with Crippen molar-refractivity contribution in [1.82, 2.24) is 0 Å². The second-order valence-electron chi connectivity index (χ2n) is 2.85. The zero-order chi connectivity index (χ0) is 7.84. The summed E-state index contributed by atoms with van der Waals surface area (Å²) in [6.45, 7) is 0. The SMILES string of the molecule is Clc1ccc2c(c1)CCC2Br. The average molecular weight is 232 g/mol. The van der Waals surface area contributed by atoms with Gasteiger partial charge in [0.1, 0.15) is 0 Å². The summed E-state index contributed by atoms with van der Waals surface area (Å²) in [4.78, 5) is 0.551. The maximum absolute atomic E-state index is 5.86. The maximum Gasteiger partial charge on any atom is 0.0408 e. The molecule has 0 heterocycles. The van der Waals surface area contributed by atoms with Gasteiger partial charge < -0.3 is 0 Å². The average Bonchev–Trinajstić information content (AvgIpc) is 2.32. The van der Waals surface area contributed by atoms with Gasteiger partial charge >= 0.3 is 0 Å². The van der Waals surface area contributed by atoms with E-state index in [9.17, 15) is 0 Å². The summed E-state index contributed by atoms with van der Waals surface area (Å²) in [5.41, 5.74) is 2.81. The second-order valence-corrected chi connectivity index (χ2v) is 4.39. The van der Waals surface area contributed by atoms with Gasteiger partial charge in [0.2, 0.25) is 0 Å². The lowest BCUT2D eigenvalue weighted by Gasteiger charge is -2.01. The van der Waals surface area contributed by atoms with Crippen LogP contribution < -0.4 is 0 Å². The smallest absolute Gasteiger partial charge is 0.0408 e. The number of fused-ring (bicyclic) bond motifs is 1. The van der Waals surface area contributed by atoms with Crippen molar-refractivity contribution in [3.63, 3.8) is 0 Å². The molecule has 0 radical (unpaired) electrons. The molecule has 0 bridgehead atoms. The molecule has 1 aliphatic carbocycles. The summed E-state index contributed by atoms with van der Waals surface area (Å²) in [6, 6.07) is 6.14. The topological polar surface area (TPSA) is 0 Å². The molecule has 1 aromatic rings. The second kappa shape index (κ2) is 2.80. The Morgan fingerprint density at radius 1 is 1.45 bits per heavy atom. The van der Waals surface area contributed by atoms with E-state index in [-0.39, 0.29) is 0 Å². The van der Waals surface area contributed by atoms with Gasteiger partial charge in [-0.05, 0) is 36.1 Å². The van der Waals surface area contributed by atoms with Crippen molar-refractivity contribution in [2.45, 2.75) is 17.7 Å². The van der Waals surface area contributed by atoms with E-state index in [0.29, 0.717) is 4.83 Å².